The Balaban J connectivity index is 3.92. The second-order valence-electron chi connectivity index (χ2n) is 5.14. The first kappa shape index (κ1) is 11.7. The van der Waals surface area contributed by atoms with Gasteiger partial charge in [-0.05, 0) is 26.2 Å². The van der Waals surface area contributed by atoms with Crippen LogP contribution in [0.3, 0.4) is 0 Å². The van der Waals surface area contributed by atoms with Gasteiger partial charge in [0.1, 0.15) is 0 Å². The Morgan fingerprint density at radius 1 is 1.08 bits per heavy atom. The summed E-state index contributed by atoms with van der Waals surface area (Å²) in [5, 5.41) is 3.51. The van der Waals surface area contributed by atoms with Gasteiger partial charge in [-0.2, -0.15) is 0 Å². The third-order valence-electron chi connectivity index (χ3n) is 1.66. The summed E-state index contributed by atoms with van der Waals surface area (Å²) in [6.45, 7) is 14.2. The molecule has 0 aromatic carbocycles. The molecule has 1 N–H and O–H groups in total. The molecule has 0 saturated heterocycles. The molecule has 0 aliphatic carbocycles. The normalized spacial score (nSPS) is 14.2. The van der Waals surface area contributed by atoms with E-state index in [9.17, 15) is 0 Å². The molecule has 0 heterocycles. The van der Waals surface area contributed by atoms with Gasteiger partial charge < -0.3 is 5.32 Å². The first-order valence-electron chi connectivity index (χ1n) is 4.66. The minimum Gasteiger partial charge on any atom is -0.308 e. The van der Waals surface area contributed by atoms with E-state index in [-0.39, 0.29) is 5.54 Å². The zero-order valence-electron chi connectivity index (χ0n) is 9.36. The van der Waals surface area contributed by atoms with Crippen molar-refractivity contribution in [3.8, 4) is 0 Å². The number of nitrogens with one attached hydrogen (secondary N) is 1. The molecule has 12 heavy (non-hydrogen) atoms. The summed E-state index contributed by atoms with van der Waals surface area (Å²) in [6, 6.07) is 0. The average Bonchev–Trinajstić information content (AvgIpc) is 1.83. The van der Waals surface area contributed by atoms with Gasteiger partial charge in [0.05, 0.1) is 0 Å². The Bertz CT molecular complexity index is 149. The lowest BCUT2D eigenvalue weighted by Crippen LogP contribution is -2.42. The standard InChI is InChI=1S/C11H23N/c1-7-8-11(5,6)12-9-10(2,3)4/h7-8,12H,9H2,1-6H3. The molecule has 0 aliphatic rings. The zero-order valence-corrected chi connectivity index (χ0v) is 9.36. The first-order valence-corrected chi connectivity index (χ1v) is 4.66. The quantitative estimate of drug-likeness (QED) is 0.640. The first-order chi connectivity index (χ1) is 5.27. The summed E-state index contributed by atoms with van der Waals surface area (Å²) in [6.07, 6.45) is 4.29. The maximum absolute atomic E-state index is 3.51. The van der Waals surface area contributed by atoms with E-state index in [1.54, 1.807) is 0 Å². The van der Waals surface area contributed by atoms with E-state index < -0.39 is 0 Å². The number of allylic oxidation sites excluding steroid dienone is 1. The summed E-state index contributed by atoms with van der Waals surface area (Å²) in [5.41, 5.74) is 0.487. The summed E-state index contributed by atoms with van der Waals surface area (Å²) in [7, 11) is 0. The summed E-state index contributed by atoms with van der Waals surface area (Å²) < 4.78 is 0. The van der Waals surface area contributed by atoms with Gasteiger partial charge in [0, 0.05) is 12.1 Å². The fourth-order valence-electron chi connectivity index (χ4n) is 0.969. The molecule has 0 rings (SSSR count). The Morgan fingerprint density at radius 3 is 1.92 bits per heavy atom. The van der Waals surface area contributed by atoms with Crippen molar-refractivity contribution in [1.29, 1.82) is 0 Å². The van der Waals surface area contributed by atoms with Crippen LogP contribution in [0.4, 0.5) is 0 Å². The van der Waals surface area contributed by atoms with Gasteiger partial charge in [-0.1, -0.05) is 32.9 Å². The van der Waals surface area contributed by atoms with Crippen LogP contribution >= 0.6 is 0 Å². The van der Waals surface area contributed by atoms with Gasteiger partial charge in [-0.25, -0.2) is 0 Å². The largest absolute Gasteiger partial charge is 0.308 e. The van der Waals surface area contributed by atoms with Gasteiger partial charge in [0.2, 0.25) is 0 Å². The predicted molar refractivity (Wildman–Crippen MR) is 56.4 cm³/mol. The van der Waals surface area contributed by atoms with Crippen LogP contribution in [0.2, 0.25) is 0 Å². The molecule has 0 fully saturated rings. The molecule has 0 saturated carbocycles. The van der Waals surface area contributed by atoms with Crippen LogP contribution in [0.15, 0.2) is 12.2 Å². The summed E-state index contributed by atoms with van der Waals surface area (Å²) in [5.74, 6) is 0. The SMILES string of the molecule is CC=CC(C)(C)NCC(C)(C)C. The third-order valence-corrected chi connectivity index (χ3v) is 1.66. The van der Waals surface area contributed by atoms with Crippen molar-refractivity contribution in [1.82, 2.24) is 5.32 Å². The molecule has 1 heteroatoms. The minimum absolute atomic E-state index is 0.127. The van der Waals surface area contributed by atoms with Gasteiger partial charge >= 0.3 is 0 Å². The van der Waals surface area contributed by atoms with Crippen molar-refractivity contribution < 1.29 is 0 Å². The van der Waals surface area contributed by atoms with Crippen LogP contribution in [-0.4, -0.2) is 12.1 Å². The maximum Gasteiger partial charge on any atom is 0.0307 e. The van der Waals surface area contributed by atoms with E-state index in [1.165, 1.54) is 0 Å². The van der Waals surface area contributed by atoms with Crippen molar-refractivity contribution in [2.75, 3.05) is 6.54 Å². The van der Waals surface area contributed by atoms with Crippen LogP contribution in [-0.2, 0) is 0 Å². The minimum atomic E-state index is 0.127. The molecule has 0 spiro atoms. The monoisotopic (exact) mass is 169 g/mol. The predicted octanol–water partition coefficient (Wildman–Crippen LogP) is 2.98. The van der Waals surface area contributed by atoms with Crippen LogP contribution in [0.25, 0.3) is 0 Å². The lowest BCUT2D eigenvalue weighted by Gasteiger charge is -2.28. The lowest BCUT2D eigenvalue weighted by atomic mass is 9.94. The average molecular weight is 169 g/mol. The number of rotatable bonds is 3. The van der Waals surface area contributed by atoms with Crippen molar-refractivity contribution in [2.24, 2.45) is 5.41 Å². The van der Waals surface area contributed by atoms with E-state index in [4.69, 9.17) is 0 Å². The van der Waals surface area contributed by atoms with Gasteiger partial charge in [-0.3, -0.25) is 0 Å². The molecular weight excluding hydrogens is 146 g/mol. The molecule has 0 bridgehead atoms. The van der Waals surface area contributed by atoms with E-state index >= 15 is 0 Å². The van der Waals surface area contributed by atoms with Crippen LogP contribution in [0.1, 0.15) is 41.5 Å². The topological polar surface area (TPSA) is 12.0 Å². The maximum atomic E-state index is 3.51. The Labute approximate surface area is 77.2 Å². The molecule has 0 aromatic rings. The highest BCUT2D eigenvalue weighted by Crippen LogP contribution is 2.13. The van der Waals surface area contributed by atoms with Crippen LogP contribution < -0.4 is 5.32 Å². The Morgan fingerprint density at radius 2 is 1.58 bits per heavy atom. The van der Waals surface area contributed by atoms with E-state index in [0.29, 0.717) is 5.41 Å². The zero-order chi connectivity index (χ0) is 9.83. The molecular formula is C11H23N. The van der Waals surface area contributed by atoms with E-state index in [1.807, 2.05) is 0 Å². The molecule has 0 aromatic heterocycles. The third kappa shape index (κ3) is 6.41. The van der Waals surface area contributed by atoms with Crippen LogP contribution in [0, 0.1) is 5.41 Å². The Hall–Kier alpha value is -0.300. The highest BCUT2D eigenvalue weighted by Gasteiger charge is 2.16. The molecule has 0 atom stereocenters. The van der Waals surface area contributed by atoms with Crippen molar-refractivity contribution >= 4 is 0 Å². The van der Waals surface area contributed by atoms with Crippen LogP contribution in [0.5, 0.6) is 0 Å². The highest BCUT2D eigenvalue weighted by molar-refractivity contribution is 4.99. The lowest BCUT2D eigenvalue weighted by molar-refractivity contribution is 0.333. The van der Waals surface area contributed by atoms with E-state index in [2.05, 4.69) is 59.0 Å². The molecule has 72 valence electrons. The highest BCUT2D eigenvalue weighted by atomic mass is 15.0. The van der Waals surface area contributed by atoms with Gasteiger partial charge in [0.25, 0.3) is 0 Å². The molecule has 0 aliphatic heterocycles. The van der Waals surface area contributed by atoms with Crippen molar-refractivity contribution in [3.63, 3.8) is 0 Å². The fraction of sp³-hybridized carbons (Fsp3) is 0.818. The van der Waals surface area contributed by atoms with Crippen molar-refractivity contribution in [3.05, 3.63) is 12.2 Å². The van der Waals surface area contributed by atoms with Gasteiger partial charge in [-0.15, -0.1) is 0 Å². The summed E-state index contributed by atoms with van der Waals surface area (Å²) >= 11 is 0. The van der Waals surface area contributed by atoms with Gasteiger partial charge in [0.15, 0.2) is 0 Å². The number of hydrogen-bond donors (Lipinski definition) is 1. The Kier molecular flexibility index (Phi) is 3.98. The molecule has 0 amide bonds. The summed E-state index contributed by atoms with van der Waals surface area (Å²) in [4.78, 5) is 0. The second-order valence-corrected chi connectivity index (χ2v) is 5.14. The fourth-order valence-corrected chi connectivity index (χ4v) is 0.969. The molecule has 0 radical (unpaired) electrons. The van der Waals surface area contributed by atoms with E-state index in [0.717, 1.165) is 6.54 Å². The smallest absolute Gasteiger partial charge is 0.0307 e. The molecule has 0 unspecified atom stereocenters. The number of hydrogen-bond acceptors (Lipinski definition) is 1. The van der Waals surface area contributed by atoms with Crippen molar-refractivity contribution in [2.45, 2.75) is 47.1 Å². The second kappa shape index (κ2) is 4.08. The molecule has 1 nitrogen and oxygen atoms in total.